The minimum Gasteiger partial charge on any atom is -0.394 e. The van der Waals surface area contributed by atoms with Crippen LogP contribution in [0.3, 0.4) is 0 Å². The zero-order chi connectivity index (χ0) is 13.8. The van der Waals surface area contributed by atoms with Crippen molar-refractivity contribution in [2.45, 2.75) is 25.3 Å². The average molecular weight is 270 g/mol. The van der Waals surface area contributed by atoms with Crippen molar-refractivity contribution in [1.82, 2.24) is 10.2 Å². The molecule has 0 aromatic carbocycles. The van der Waals surface area contributed by atoms with Gasteiger partial charge in [0.05, 0.1) is 31.9 Å². The Morgan fingerprint density at radius 3 is 2.72 bits per heavy atom. The Hall–Kier alpha value is -0.860. The number of ether oxygens (including phenoxy) is 1. The van der Waals surface area contributed by atoms with Gasteiger partial charge in [0.15, 0.2) is 0 Å². The summed E-state index contributed by atoms with van der Waals surface area (Å²) in [5, 5.41) is 11.0. The van der Waals surface area contributed by atoms with Gasteiger partial charge in [-0.05, 0) is 6.92 Å². The van der Waals surface area contributed by atoms with Crippen molar-refractivity contribution < 1.29 is 27.8 Å². The molecular weight excluding hydrogens is 253 g/mol. The van der Waals surface area contributed by atoms with Crippen LogP contribution in [0, 0.1) is 0 Å². The molecule has 1 saturated heterocycles. The molecule has 0 radical (unpaired) electrons. The monoisotopic (exact) mass is 270 g/mol. The molecule has 2 atom stereocenters. The van der Waals surface area contributed by atoms with Crippen molar-refractivity contribution in [1.29, 1.82) is 0 Å². The number of hydrogen-bond acceptors (Lipinski definition) is 4. The second-order valence-electron chi connectivity index (χ2n) is 4.27. The molecule has 0 spiro atoms. The number of morpholine rings is 1. The number of carbonyl (C=O) groups is 1. The Bertz CT molecular complexity index is 286. The highest BCUT2D eigenvalue weighted by Gasteiger charge is 2.29. The number of alkyl halides is 3. The SMILES string of the molecule is CC1CN(C(=O)CNCC(F)(F)F)CC(CO)O1. The Morgan fingerprint density at radius 1 is 1.50 bits per heavy atom. The first-order valence-electron chi connectivity index (χ1n) is 5.63. The lowest BCUT2D eigenvalue weighted by molar-refractivity contribution is -0.147. The van der Waals surface area contributed by atoms with E-state index in [-0.39, 0.29) is 25.8 Å². The molecule has 8 heteroatoms. The van der Waals surface area contributed by atoms with Crippen LogP contribution in [0.25, 0.3) is 0 Å². The Morgan fingerprint density at radius 2 is 2.17 bits per heavy atom. The lowest BCUT2D eigenvalue weighted by Gasteiger charge is -2.36. The number of halogens is 3. The number of aliphatic hydroxyl groups is 1. The van der Waals surface area contributed by atoms with Gasteiger partial charge in [-0.3, -0.25) is 4.79 Å². The quantitative estimate of drug-likeness (QED) is 0.739. The van der Waals surface area contributed by atoms with Crippen molar-refractivity contribution in [3.8, 4) is 0 Å². The van der Waals surface area contributed by atoms with E-state index in [1.807, 2.05) is 0 Å². The Kier molecular flexibility index (Phi) is 5.36. The van der Waals surface area contributed by atoms with Crippen LogP contribution < -0.4 is 5.32 Å². The second kappa shape index (κ2) is 6.35. The van der Waals surface area contributed by atoms with Crippen molar-refractivity contribution in [3.63, 3.8) is 0 Å². The Labute approximate surface area is 103 Å². The molecule has 5 nitrogen and oxygen atoms in total. The maximum Gasteiger partial charge on any atom is 0.401 e. The zero-order valence-corrected chi connectivity index (χ0v) is 10.0. The van der Waals surface area contributed by atoms with E-state index in [1.54, 1.807) is 6.92 Å². The first kappa shape index (κ1) is 15.2. The van der Waals surface area contributed by atoms with Crippen LogP contribution in [0.5, 0.6) is 0 Å². The van der Waals surface area contributed by atoms with Gasteiger partial charge in [-0.1, -0.05) is 0 Å². The van der Waals surface area contributed by atoms with Gasteiger partial charge in [-0.2, -0.15) is 13.2 Å². The van der Waals surface area contributed by atoms with E-state index >= 15 is 0 Å². The second-order valence-corrected chi connectivity index (χ2v) is 4.27. The third-order valence-corrected chi connectivity index (χ3v) is 2.48. The van der Waals surface area contributed by atoms with Gasteiger partial charge in [0.1, 0.15) is 0 Å². The fourth-order valence-electron chi connectivity index (χ4n) is 1.77. The van der Waals surface area contributed by atoms with Crippen molar-refractivity contribution in [2.75, 3.05) is 32.8 Å². The number of aliphatic hydroxyl groups excluding tert-OH is 1. The maximum absolute atomic E-state index is 11.9. The van der Waals surface area contributed by atoms with Crippen LogP contribution in [0.2, 0.25) is 0 Å². The number of amides is 1. The van der Waals surface area contributed by atoms with Crippen molar-refractivity contribution in [3.05, 3.63) is 0 Å². The number of hydrogen-bond donors (Lipinski definition) is 2. The predicted molar refractivity (Wildman–Crippen MR) is 56.9 cm³/mol. The molecule has 0 bridgehead atoms. The first-order valence-corrected chi connectivity index (χ1v) is 5.63. The number of carbonyl (C=O) groups excluding carboxylic acids is 1. The summed E-state index contributed by atoms with van der Waals surface area (Å²) in [5.41, 5.74) is 0. The van der Waals surface area contributed by atoms with Gasteiger partial charge in [-0.15, -0.1) is 0 Å². The molecule has 1 aliphatic rings. The predicted octanol–water partition coefficient (Wildman–Crippen LogP) is -0.254. The summed E-state index contributed by atoms with van der Waals surface area (Å²) in [6.45, 7) is 0.484. The zero-order valence-electron chi connectivity index (χ0n) is 10.0. The molecule has 0 saturated carbocycles. The Balaban J connectivity index is 2.36. The average Bonchev–Trinajstić information content (AvgIpc) is 2.26. The summed E-state index contributed by atoms with van der Waals surface area (Å²) in [4.78, 5) is 13.1. The van der Waals surface area contributed by atoms with Gasteiger partial charge in [0, 0.05) is 13.1 Å². The van der Waals surface area contributed by atoms with Gasteiger partial charge in [-0.25, -0.2) is 0 Å². The van der Waals surface area contributed by atoms with Crippen molar-refractivity contribution >= 4 is 5.91 Å². The van der Waals surface area contributed by atoms with Crippen LogP contribution >= 0.6 is 0 Å². The van der Waals surface area contributed by atoms with Crippen LogP contribution in [-0.4, -0.2) is 67.1 Å². The summed E-state index contributed by atoms with van der Waals surface area (Å²) >= 11 is 0. The summed E-state index contributed by atoms with van der Waals surface area (Å²) in [7, 11) is 0. The summed E-state index contributed by atoms with van der Waals surface area (Å²) in [6, 6.07) is 0. The van der Waals surface area contributed by atoms with Crippen LogP contribution in [0.1, 0.15) is 6.92 Å². The molecule has 0 aromatic rings. The standard InChI is InChI=1S/C10H17F3N2O3/c1-7-3-15(4-8(5-16)18-7)9(17)2-14-6-10(11,12)13/h7-8,14,16H,2-6H2,1H3. The highest BCUT2D eigenvalue weighted by molar-refractivity contribution is 5.78. The maximum atomic E-state index is 11.9. The molecule has 1 rings (SSSR count). The molecule has 1 aliphatic heterocycles. The highest BCUT2D eigenvalue weighted by atomic mass is 19.4. The number of nitrogens with one attached hydrogen (secondary N) is 1. The number of rotatable bonds is 4. The topological polar surface area (TPSA) is 61.8 Å². The molecule has 18 heavy (non-hydrogen) atoms. The van der Waals surface area contributed by atoms with E-state index in [9.17, 15) is 18.0 Å². The third kappa shape index (κ3) is 5.19. The van der Waals surface area contributed by atoms with Gasteiger partial charge >= 0.3 is 6.18 Å². The first-order chi connectivity index (χ1) is 8.31. The smallest absolute Gasteiger partial charge is 0.394 e. The van der Waals surface area contributed by atoms with E-state index < -0.39 is 24.7 Å². The molecule has 0 aromatic heterocycles. The fourth-order valence-corrected chi connectivity index (χ4v) is 1.77. The van der Waals surface area contributed by atoms with E-state index in [0.29, 0.717) is 6.54 Å². The summed E-state index contributed by atoms with van der Waals surface area (Å²) in [5.74, 6) is -0.423. The molecule has 2 unspecified atom stereocenters. The molecule has 2 N–H and O–H groups in total. The molecular formula is C10H17F3N2O3. The van der Waals surface area contributed by atoms with Crippen molar-refractivity contribution in [2.24, 2.45) is 0 Å². The van der Waals surface area contributed by atoms with Gasteiger partial charge in [0.25, 0.3) is 0 Å². The lowest BCUT2D eigenvalue weighted by atomic mass is 10.2. The van der Waals surface area contributed by atoms with E-state index in [0.717, 1.165) is 0 Å². The van der Waals surface area contributed by atoms with Crippen LogP contribution in [-0.2, 0) is 9.53 Å². The molecule has 0 aliphatic carbocycles. The van der Waals surface area contributed by atoms with Gasteiger partial charge in [0.2, 0.25) is 5.91 Å². The largest absolute Gasteiger partial charge is 0.401 e. The minimum absolute atomic E-state index is 0.202. The number of nitrogens with zero attached hydrogens (tertiary/aromatic N) is 1. The van der Waals surface area contributed by atoms with E-state index in [2.05, 4.69) is 5.32 Å². The molecule has 1 heterocycles. The van der Waals surface area contributed by atoms with Crippen LogP contribution in [0.4, 0.5) is 13.2 Å². The molecule has 106 valence electrons. The lowest BCUT2D eigenvalue weighted by Crippen LogP contribution is -2.52. The fraction of sp³-hybridized carbons (Fsp3) is 0.900. The van der Waals surface area contributed by atoms with Gasteiger partial charge < -0.3 is 20.1 Å². The summed E-state index contributed by atoms with van der Waals surface area (Å²) < 4.78 is 41.0. The molecule has 1 amide bonds. The normalized spacial score (nSPS) is 25.3. The van der Waals surface area contributed by atoms with E-state index in [1.165, 1.54) is 4.90 Å². The van der Waals surface area contributed by atoms with Crippen LogP contribution in [0.15, 0.2) is 0 Å². The minimum atomic E-state index is -4.33. The molecule has 1 fully saturated rings. The highest BCUT2D eigenvalue weighted by Crippen LogP contribution is 2.13. The summed E-state index contributed by atoms with van der Waals surface area (Å²) in [6.07, 6.45) is -5.03. The third-order valence-electron chi connectivity index (χ3n) is 2.48. The van der Waals surface area contributed by atoms with E-state index in [4.69, 9.17) is 9.84 Å².